The van der Waals surface area contributed by atoms with Crippen LogP contribution in [0, 0.1) is 0 Å². The zero-order valence-corrected chi connectivity index (χ0v) is 15.6. The van der Waals surface area contributed by atoms with Crippen LogP contribution in [-0.4, -0.2) is 60.5 Å². The standard InChI is InChI=1S/C15H26BrN5O/c1-6-7-17-15(18-9-14(22)19(2)3)21(5)11-13-8-12(16)10-20(13)4/h8,10H,6-7,9,11H2,1-5H3,(H,17,18). The van der Waals surface area contributed by atoms with Crippen LogP contribution in [0.2, 0.25) is 0 Å². The monoisotopic (exact) mass is 371 g/mol. The molecular formula is C15H26BrN5O. The number of carbonyl (C=O) groups is 1. The van der Waals surface area contributed by atoms with Crippen molar-refractivity contribution in [2.75, 3.05) is 34.2 Å². The second-order valence-corrected chi connectivity index (χ2v) is 6.39. The first-order chi connectivity index (χ1) is 10.3. The molecule has 6 nitrogen and oxygen atoms in total. The van der Waals surface area contributed by atoms with E-state index in [4.69, 9.17) is 0 Å². The van der Waals surface area contributed by atoms with Crippen LogP contribution in [0.4, 0.5) is 0 Å². The van der Waals surface area contributed by atoms with Crippen LogP contribution in [0.3, 0.4) is 0 Å². The number of hydrogen-bond acceptors (Lipinski definition) is 2. The minimum atomic E-state index is -0.00851. The molecule has 1 amide bonds. The molecule has 0 radical (unpaired) electrons. The summed E-state index contributed by atoms with van der Waals surface area (Å²) in [4.78, 5) is 19.7. The zero-order chi connectivity index (χ0) is 16.7. The maximum absolute atomic E-state index is 11.7. The number of likely N-dealkylation sites (N-methyl/N-ethyl adjacent to an activating group) is 1. The molecule has 0 saturated carbocycles. The van der Waals surface area contributed by atoms with Gasteiger partial charge in [0.1, 0.15) is 6.54 Å². The summed E-state index contributed by atoms with van der Waals surface area (Å²) in [5.74, 6) is 0.736. The van der Waals surface area contributed by atoms with Crippen LogP contribution in [0.25, 0.3) is 0 Å². The smallest absolute Gasteiger partial charge is 0.243 e. The topological polar surface area (TPSA) is 52.9 Å². The van der Waals surface area contributed by atoms with E-state index in [1.807, 2.05) is 25.2 Å². The Morgan fingerprint density at radius 2 is 2.09 bits per heavy atom. The Bertz CT molecular complexity index is 524. The fourth-order valence-corrected chi connectivity index (χ4v) is 2.44. The number of aromatic nitrogens is 1. The van der Waals surface area contributed by atoms with Crippen LogP contribution in [-0.2, 0) is 18.4 Å². The first-order valence-electron chi connectivity index (χ1n) is 7.35. The van der Waals surface area contributed by atoms with Crippen molar-refractivity contribution in [1.29, 1.82) is 0 Å². The fraction of sp³-hybridized carbons (Fsp3) is 0.600. The van der Waals surface area contributed by atoms with Crippen LogP contribution in [0.1, 0.15) is 19.0 Å². The van der Waals surface area contributed by atoms with Gasteiger partial charge in [0, 0.05) is 51.1 Å². The summed E-state index contributed by atoms with van der Waals surface area (Å²) in [6.45, 7) is 3.80. The van der Waals surface area contributed by atoms with Gasteiger partial charge in [0.2, 0.25) is 5.91 Å². The number of rotatable bonds is 6. The number of nitrogens with one attached hydrogen (secondary N) is 1. The fourth-order valence-electron chi connectivity index (χ4n) is 1.87. The van der Waals surface area contributed by atoms with Gasteiger partial charge in [-0.1, -0.05) is 6.92 Å². The molecule has 0 spiro atoms. The van der Waals surface area contributed by atoms with Gasteiger partial charge in [0.15, 0.2) is 5.96 Å². The lowest BCUT2D eigenvalue weighted by Gasteiger charge is -2.23. The van der Waals surface area contributed by atoms with E-state index in [2.05, 4.69) is 43.8 Å². The number of amides is 1. The van der Waals surface area contributed by atoms with Gasteiger partial charge in [-0.2, -0.15) is 0 Å². The number of guanidine groups is 1. The molecule has 0 saturated heterocycles. The van der Waals surface area contributed by atoms with Gasteiger partial charge in [-0.15, -0.1) is 0 Å². The summed E-state index contributed by atoms with van der Waals surface area (Å²) in [5, 5.41) is 3.29. The maximum atomic E-state index is 11.7. The molecule has 0 fully saturated rings. The van der Waals surface area contributed by atoms with Crippen molar-refractivity contribution in [2.24, 2.45) is 12.0 Å². The van der Waals surface area contributed by atoms with Crippen LogP contribution in [0.5, 0.6) is 0 Å². The third kappa shape index (κ3) is 5.71. The highest BCUT2D eigenvalue weighted by Gasteiger charge is 2.11. The van der Waals surface area contributed by atoms with Crippen LogP contribution >= 0.6 is 15.9 Å². The van der Waals surface area contributed by atoms with E-state index in [-0.39, 0.29) is 12.5 Å². The van der Waals surface area contributed by atoms with Gasteiger partial charge in [0.05, 0.1) is 6.54 Å². The summed E-state index contributed by atoms with van der Waals surface area (Å²) in [6.07, 6.45) is 3.03. The lowest BCUT2D eigenvalue weighted by molar-refractivity contribution is -0.127. The van der Waals surface area contributed by atoms with Crippen molar-refractivity contribution in [3.63, 3.8) is 0 Å². The summed E-state index contributed by atoms with van der Waals surface area (Å²) in [5.41, 5.74) is 1.17. The van der Waals surface area contributed by atoms with Gasteiger partial charge in [0.25, 0.3) is 0 Å². The summed E-state index contributed by atoms with van der Waals surface area (Å²) >= 11 is 3.48. The second-order valence-electron chi connectivity index (χ2n) is 5.47. The van der Waals surface area contributed by atoms with Crippen molar-refractivity contribution in [3.05, 3.63) is 22.4 Å². The highest BCUT2D eigenvalue weighted by atomic mass is 79.9. The average Bonchev–Trinajstić information content (AvgIpc) is 2.76. The molecule has 1 aromatic heterocycles. The van der Waals surface area contributed by atoms with Crippen molar-refractivity contribution in [2.45, 2.75) is 19.9 Å². The molecule has 0 aliphatic heterocycles. The van der Waals surface area contributed by atoms with Gasteiger partial charge in [-0.3, -0.25) is 4.79 Å². The van der Waals surface area contributed by atoms with Gasteiger partial charge >= 0.3 is 0 Å². The van der Waals surface area contributed by atoms with Gasteiger partial charge in [-0.05, 0) is 28.4 Å². The molecule has 0 aliphatic carbocycles. The minimum absolute atomic E-state index is 0.00851. The summed E-state index contributed by atoms with van der Waals surface area (Å²) in [6, 6.07) is 2.08. The van der Waals surface area contributed by atoms with Crippen molar-refractivity contribution >= 4 is 27.8 Å². The number of halogens is 1. The molecular weight excluding hydrogens is 346 g/mol. The van der Waals surface area contributed by atoms with E-state index < -0.39 is 0 Å². The van der Waals surface area contributed by atoms with E-state index >= 15 is 0 Å². The molecule has 1 aromatic rings. The summed E-state index contributed by atoms with van der Waals surface area (Å²) < 4.78 is 3.13. The van der Waals surface area contributed by atoms with Crippen LogP contribution in [0.15, 0.2) is 21.7 Å². The number of nitrogens with zero attached hydrogens (tertiary/aromatic N) is 4. The Morgan fingerprint density at radius 1 is 1.41 bits per heavy atom. The Morgan fingerprint density at radius 3 is 2.59 bits per heavy atom. The third-order valence-electron chi connectivity index (χ3n) is 3.23. The van der Waals surface area contributed by atoms with Crippen molar-refractivity contribution in [1.82, 2.24) is 19.7 Å². The largest absolute Gasteiger partial charge is 0.356 e. The van der Waals surface area contributed by atoms with E-state index in [1.54, 1.807) is 19.0 Å². The molecule has 0 atom stereocenters. The zero-order valence-electron chi connectivity index (χ0n) is 14.1. The third-order valence-corrected chi connectivity index (χ3v) is 3.66. The van der Waals surface area contributed by atoms with Gasteiger partial charge in [-0.25, -0.2) is 4.99 Å². The SMILES string of the molecule is CCCNC(=NCC(=O)N(C)C)N(C)Cc1cc(Br)cn1C. The van der Waals surface area contributed by atoms with E-state index in [0.29, 0.717) is 6.54 Å². The highest BCUT2D eigenvalue weighted by Crippen LogP contribution is 2.14. The van der Waals surface area contributed by atoms with Crippen molar-refractivity contribution in [3.8, 4) is 0 Å². The molecule has 0 unspecified atom stereocenters. The van der Waals surface area contributed by atoms with Crippen molar-refractivity contribution < 1.29 is 4.79 Å². The summed E-state index contributed by atoms with van der Waals surface area (Å²) in [7, 11) is 7.47. The Hall–Kier alpha value is -1.50. The van der Waals surface area contributed by atoms with Crippen LogP contribution < -0.4 is 5.32 Å². The molecule has 1 rings (SSSR count). The minimum Gasteiger partial charge on any atom is -0.356 e. The average molecular weight is 372 g/mol. The number of aryl methyl sites for hydroxylation is 1. The predicted octanol–water partition coefficient (Wildman–Crippen LogP) is 1.66. The highest BCUT2D eigenvalue weighted by molar-refractivity contribution is 9.10. The maximum Gasteiger partial charge on any atom is 0.243 e. The molecule has 0 aliphatic rings. The molecule has 0 aromatic carbocycles. The Balaban J connectivity index is 2.79. The Labute approximate surface area is 141 Å². The lowest BCUT2D eigenvalue weighted by atomic mass is 10.4. The Kier molecular flexibility index (Phi) is 7.44. The van der Waals surface area contributed by atoms with E-state index in [9.17, 15) is 4.79 Å². The predicted molar refractivity (Wildman–Crippen MR) is 93.9 cm³/mol. The number of hydrogen-bond donors (Lipinski definition) is 1. The van der Waals surface area contributed by atoms with E-state index in [0.717, 1.165) is 23.4 Å². The van der Waals surface area contributed by atoms with Gasteiger partial charge < -0.3 is 19.7 Å². The quantitative estimate of drug-likeness (QED) is 0.611. The molecule has 7 heteroatoms. The number of aliphatic imine (C=N–C) groups is 1. The second kappa shape index (κ2) is 8.82. The molecule has 1 heterocycles. The molecule has 124 valence electrons. The molecule has 0 bridgehead atoms. The molecule has 1 N–H and O–H groups in total. The molecule has 22 heavy (non-hydrogen) atoms. The van der Waals surface area contributed by atoms with E-state index in [1.165, 1.54) is 5.69 Å². The normalized spacial score (nSPS) is 11.5. The lowest BCUT2D eigenvalue weighted by Crippen LogP contribution is -2.40. The first kappa shape index (κ1) is 18.5. The number of carbonyl (C=O) groups excluding carboxylic acids is 1. The first-order valence-corrected chi connectivity index (χ1v) is 8.14.